The van der Waals surface area contributed by atoms with Crippen molar-refractivity contribution in [1.82, 2.24) is 0 Å². The first-order valence-electron chi connectivity index (χ1n) is 9.36. The lowest BCUT2D eigenvalue weighted by atomic mass is 9.78. The Hall–Kier alpha value is -3.06. The smallest absolute Gasteiger partial charge is 0.312 e. The summed E-state index contributed by atoms with van der Waals surface area (Å²) in [5.41, 5.74) is 0.0343. The van der Waals surface area contributed by atoms with Gasteiger partial charge < -0.3 is 9.84 Å². The molecular weight excluding hydrogens is 350 g/mol. The van der Waals surface area contributed by atoms with E-state index in [1.54, 1.807) is 12.1 Å². The number of hydrogen-bond acceptors (Lipinski definition) is 3. The summed E-state index contributed by atoms with van der Waals surface area (Å²) >= 11 is 0. The third-order valence-corrected chi connectivity index (χ3v) is 5.86. The molecule has 4 nitrogen and oxygen atoms in total. The fraction of sp³-hybridized carbons (Fsp3) is 0.333. The Morgan fingerprint density at radius 3 is 2.36 bits per heavy atom. The number of carboxylic acids is 1. The van der Waals surface area contributed by atoms with Gasteiger partial charge in [-0.1, -0.05) is 55.8 Å². The van der Waals surface area contributed by atoms with Gasteiger partial charge in [0.15, 0.2) is 0 Å². The minimum Gasteiger partial charge on any atom is -0.481 e. The fourth-order valence-electron chi connectivity index (χ4n) is 4.42. The van der Waals surface area contributed by atoms with Crippen LogP contribution in [-0.4, -0.2) is 11.1 Å². The van der Waals surface area contributed by atoms with Crippen molar-refractivity contribution >= 4 is 5.97 Å². The molecule has 1 N–H and O–H groups in total. The van der Waals surface area contributed by atoms with E-state index < -0.39 is 22.7 Å². The number of carboxylic acid groups (broad SMARTS) is 1. The van der Waals surface area contributed by atoms with Crippen LogP contribution < -0.4 is 4.74 Å². The second-order valence-corrected chi connectivity index (χ2v) is 8.17. The molecule has 3 rings (SSSR count). The summed E-state index contributed by atoms with van der Waals surface area (Å²) < 4.78 is 5.88. The highest BCUT2D eigenvalue weighted by atomic mass is 16.5. The van der Waals surface area contributed by atoms with Gasteiger partial charge in [0.05, 0.1) is 12.0 Å². The predicted molar refractivity (Wildman–Crippen MR) is 108 cm³/mol. The number of hydrogen-bond donors (Lipinski definition) is 1. The molecule has 28 heavy (non-hydrogen) atoms. The first-order chi connectivity index (χ1) is 13.2. The number of ether oxygens (including phenoxy) is 1. The number of allylic oxidation sites excluding steroid dienone is 2. The Balaban J connectivity index is 2.01. The zero-order valence-corrected chi connectivity index (χ0v) is 16.6. The van der Waals surface area contributed by atoms with Gasteiger partial charge in [-0.3, -0.25) is 4.79 Å². The molecule has 4 heteroatoms. The number of rotatable bonds is 6. The van der Waals surface area contributed by atoms with Crippen molar-refractivity contribution in [2.45, 2.75) is 33.6 Å². The summed E-state index contributed by atoms with van der Waals surface area (Å²) in [4.78, 5) is 12.4. The number of nitrogens with zero attached hydrogens (tertiary/aromatic N) is 1. The maximum atomic E-state index is 12.4. The van der Waals surface area contributed by atoms with E-state index in [9.17, 15) is 15.2 Å². The van der Waals surface area contributed by atoms with Crippen molar-refractivity contribution in [2.24, 2.45) is 16.7 Å². The molecule has 1 saturated carbocycles. The number of carbonyl (C=O) groups is 1. The highest BCUT2D eigenvalue weighted by Gasteiger charge is 2.78. The lowest BCUT2D eigenvalue weighted by molar-refractivity contribution is -0.145. The van der Waals surface area contributed by atoms with Gasteiger partial charge in [-0.05, 0) is 49.1 Å². The molecule has 1 fully saturated rings. The Bertz CT molecular complexity index is 951. The van der Waals surface area contributed by atoms with Gasteiger partial charge in [-0.2, -0.15) is 5.26 Å². The SMILES string of the molecule is CC(C)=CC1C(C)(C)[C@]1(C(=O)O)C(C#N)c1cccc(Oc2ccccc2)c1. The molecule has 0 amide bonds. The molecule has 0 aromatic heterocycles. The van der Waals surface area contributed by atoms with Gasteiger partial charge in [0.2, 0.25) is 0 Å². The normalized spacial score (nSPS) is 23.2. The average Bonchev–Trinajstić information content (AvgIpc) is 3.12. The summed E-state index contributed by atoms with van der Waals surface area (Å²) in [6, 6.07) is 18.9. The van der Waals surface area contributed by atoms with E-state index in [2.05, 4.69) is 6.07 Å². The van der Waals surface area contributed by atoms with Crippen molar-refractivity contribution in [1.29, 1.82) is 5.26 Å². The number of benzene rings is 2. The zero-order valence-electron chi connectivity index (χ0n) is 16.6. The predicted octanol–water partition coefficient (Wildman–Crippen LogP) is 5.78. The molecular formula is C24H25NO3. The van der Waals surface area contributed by atoms with Crippen LogP contribution in [0.1, 0.15) is 39.2 Å². The second kappa shape index (κ2) is 7.16. The minimum absolute atomic E-state index is 0.203. The topological polar surface area (TPSA) is 70.3 Å². The Kier molecular flexibility index (Phi) is 5.04. The maximum absolute atomic E-state index is 12.4. The third kappa shape index (κ3) is 3.07. The van der Waals surface area contributed by atoms with Gasteiger partial charge >= 0.3 is 5.97 Å². The van der Waals surface area contributed by atoms with Crippen molar-refractivity contribution in [3.63, 3.8) is 0 Å². The molecule has 3 atom stereocenters. The highest BCUT2D eigenvalue weighted by Crippen LogP contribution is 2.75. The van der Waals surface area contributed by atoms with E-state index >= 15 is 0 Å². The number of nitriles is 1. The summed E-state index contributed by atoms with van der Waals surface area (Å²) in [6.45, 7) is 7.77. The van der Waals surface area contributed by atoms with Crippen molar-refractivity contribution in [3.8, 4) is 17.6 Å². The molecule has 1 aliphatic rings. The molecule has 1 aliphatic carbocycles. The quantitative estimate of drug-likeness (QED) is 0.650. The van der Waals surface area contributed by atoms with Crippen LogP contribution in [0.3, 0.4) is 0 Å². The first kappa shape index (κ1) is 19.7. The Morgan fingerprint density at radius 2 is 1.79 bits per heavy atom. The molecule has 0 spiro atoms. The lowest BCUT2D eigenvalue weighted by Gasteiger charge is -2.22. The molecule has 0 bridgehead atoms. The Morgan fingerprint density at radius 1 is 1.14 bits per heavy atom. The molecule has 0 aliphatic heterocycles. The van der Waals surface area contributed by atoms with Crippen LogP contribution in [-0.2, 0) is 4.79 Å². The molecule has 144 valence electrons. The minimum atomic E-state index is -1.16. The van der Waals surface area contributed by atoms with E-state index in [1.165, 1.54) is 0 Å². The molecule has 0 heterocycles. The standard InChI is InChI=1S/C24H25NO3/c1-16(2)13-21-23(3,4)24(21,22(26)27)20(15-25)17-9-8-12-19(14-17)28-18-10-6-5-7-11-18/h5-14,20-21H,1-4H3,(H,26,27)/t20?,21?,24-/m1/s1. The highest BCUT2D eigenvalue weighted by molar-refractivity contribution is 5.84. The van der Waals surface area contributed by atoms with Crippen molar-refractivity contribution < 1.29 is 14.6 Å². The van der Waals surface area contributed by atoms with Gasteiger partial charge in [-0.15, -0.1) is 0 Å². The van der Waals surface area contributed by atoms with E-state index in [0.717, 1.165) is 5.57 Å². The largest absolute Gasteiger partial charge is 0.481 e. The summed E-state index contributed by atoms with van der Waals surface area (Å²) in [5, 5.41) is 20.2. The lowest BCUT2D eigenvalue weighted by Crippen LogP contribution is -2.28. The summed E-state index contributed by atoms with van der Waals surface area (Å²) in [7, 11) is 0. The van der Waals surface area contributed by atoms with Gasteiger partial charge in [-0.25, -0.2) is 0 Å². The molecule has 2 aromatic carbocycles. The van der Waals surface area contributed by atoms with E-state index in [1.807, 2.05) is 76.2 Å². The van der Waals surface area contributed by atoms with Crippen LogP contribution in [0, 0.1) is 28.1 Å². The third-order valence-electron chi connectivity index (χ3n) is 5.86. The fourth-order valence-corrected chi connectivity index (χ4v) is 4.42. The second-order valence-electron chi connectivity index (χ2n) is 8.17. The molecule has 2 unspecified atom stereocenters. The molecule has 2 aromatic rings. The van der Waals surface area contributed by atoms with Gasteiger partial charge in [0.25, 0.3) is 0 Å². The van der Waals surface area contributed by atoms with Crippen LogP contribution in [0.15, 0.2) is 66.2 Å². The van der Waals surface area contributed by atoms with E-state index in [4.69, 9.17) is 4.74 Å². The Labute approximate surface area is 166 Å². The first-order valence-corrected chi connectivity index (χ1v) is 9.36. The van der Waals surface area contributed by atoms with Crippen LogP contribution in [0.25, 0.3) is 0 Å². The van der Waals surface area contributed by atoms with Crippen LogP contribution in [0.4, 0.5) is 0 Å². The zero-order chi connectivity index (χ0) is 20.5. The molecule has 0 radical (unpaired) electrons. The average molecular weight is 375 g/mol. The van der Waals surface area contributed by atoms with Gasteiger partial charge in [0, 0.05) is 5.92 Å². The van der Waals surface area contributed by atoms with Crippen molar-refractivity contribution in [3.05, 3.63) is 71.8 Å². The molecule has 0 saturated heterocycles. The van der Waals surface area contributed by atoms with Gasteiger partial charge in [0.1, 0.15) is 16.9 Å². The van der Waals surface area contributed by atoms with E-state index in [0.29, 0.717) is 17.1 Å². The number of aliphatic carboxylic acids is 1. The van der Waals surface area contributed by atoms with Crippen LogP contribution in [0.2, 0.25) is 0 Å². The monoisotopic (exact) mass is 375 g/mol. The number of para-hydroxylation sites is 1. The van der Waals surface area contributed by atoms with Crippen LogP contribution in [0.5, 0.6) is 11.5 Å². The summed E-state index contributed by atoms with van der Waals surface area (Å²) in [6.07, 6.45) is 1.99. The van der Waals surface area contributed by atoms with E-state index in [-0.39, 0.29) is 5.92 Å². The maximum Gasteiger partial charge on any atom is 0.312 e. The summed E-state index contributed by atoms with van der Waals surface area (Å²) in [5.74, 6) is -0.635. The van der Waals surface area contributed by atoms with Crippen LogP contribution >= 0.6 is 0 Å². The van der Waals surface area contributed by atoms with Crippen molar-refractivity contribution in [2.75, 3.05) is 0 Å².